The third kappa shape index (κ3) is 3.52. The fourth-order valence-electron chi connectivity index (χ4n) is 5.22. The van der Waals surface area contributed by atoms with Crippen LogP contribution in [0.25, 0.3) is 23.0 Å². The topological polar surface area (TPSA) is 101 Å². The molecule has 1 saturated carbocycles. The van der Waals surface area contributed by atoms with Gasteiger partial charge in [-0.3, -0.25) is 9.20 Å². The minimum absolute atomic E-state index is 0.0489. The molecule has 7 nitrogen and oxygen atoms in total. The number of aromatic amines is 1. The van der Waals surface area contributed by atoms with Gasteiger partial charge in [0.25, 0.3) is 0 Å². The van der Waals surface area contributed by atoms with Gasteiger partial charge in [0.05, 0.1) is 5.69 Å². The van der Waals surface area contributed by atoms with Crippen LogP contribution in [0.15, 0.2) is 18.5 Å². The van der Waals surface area contributed by atoms with E-state index < -0.39 is 0 Å². The molecule has 31 heavy (non-hydrogen) atoms. The molecule has 0 spiro atoms. The van der Waals surface area contributed by atoms with Gasteiger partial charge in [0, 0.05) is 37.5 Å². The molecule has 3 aromatic heterocycles. The predicted octanol–water partition coefficient (Wildman–Crippen LogP) is 3.98. The monoisotopic (exact) mass is 418 g/mol. The SMILES string of the molecule is CC(=O)NC[C@H]1CC[C@H](c2nc(-c3[nH]c4c(c3C)C=CCC4)c3c(N)nccn32)CC1. The number of carbonyl (C=O) groups excluding carboxylic acids is 1. The van der Waals surface area contributed by atoms with Crippen LogP contribution >= 0.6 is 0 Å². The zero-order chi connectivity index (χ0) is 21.5. The van der Waals surface area contributed by atoms with Crippen LogP contribution in [0.4, 0.5) is 5.82 Å². The van der Waals surface area contributed by atoms with E-state index in [-0.39, 0.29) is 5.91 Å². The van der Waals surface area contributed by atoms with Crippen LogP contribution in [0.3, 0.4) is 0 Å². The Hall–Kier alpha value is -3.09. The normalized spacial score (nSPS) is 20.7. The van der Waals surface area contributed by atoms with Crippen molar-refractivity contribution < 1.29 is 4.79 Å². The van der Waals surface area contributed by atoms with Crippen LogP contribution in [0.1, 0.15) is 67.6 Å². The highest BCUT2D eigenvalue weighted by Crippen LogP contribution is 2.40. The summed E-state index contributed by atoms with van der Waals surface area (Å²) in [4.78, 5) is 24.4. The molecule has 0 bridgehead atoms. The summed E-state index contributed by atoms with van der Waals surface area (Å²) in [5.41, 5.74) is 13.0. The zero-order valence-electron chi connectivity index (χ0n) is 18.2. The van der Waals surface area contributed by atoms with Crippen LogP contribution in [-0.2, 0) is 11.2 Å². The minimum Gasteiger partial charge on any atom is -0.382 e. The van der Waals surface area contributed by atoms with E-state index in [1.807, 2.05) is 6.20 Å². The first-order valence-corrected chi connectivity index (χ1v) is 11.3. The Morgan fingerprint density at radius 1 is 1.32 bits per heavy atom. The van der Waals surface area contributed by atoms with Crippen molar-refractivity contribution in [2.45, 2.75) is 58.3 Å². The standard InChI is InChI=1S/C24H30N6O/c1-14-18-5-3-4-6-19(18)28-20(14)21-22-23(25)26-11-12-30(22)24(29-21)17-9-7-16(8-10-17)13-27-15(2)31/h3,5,11-12,16-17,28H,4,6-10,13H2,1-2H3,(H2,25,26)(H,27,31)/t16-,17-. The van der Waals surface area contributed by atoms with Gasteiger partial charge in [-0.15, -0.1) is 0 Å². The molecule has 5 rings (SSSR count). The second-order valence-corrected chi connectivity index (χ2v) is 8.96. The van der Waals surface area contributed by atoms with Crippen LogP contribution in [0.2, 0.25) is 0 Å². The van der Waals surface area contributed by atoms with Crippen LogP contribution < -0.4 is 11.1 Å². The Bertz CT molecular complexity index is 1160. The molecule has 1 fully saturated rings. The molecular formula is C24H30N6O. The number of anilines is 1. The molecule has 162 valence electrons. The zero-order valence-corrected chi connectivity index (χ0v) is 18.2. The van der Waals surface area contributed by atoms with Crippen molar-refractivity contribution in [3.05, 3.63) is 41.1 Å². The summed E-state index contributed by atoms with van der Waals surface area (Å²) in [6, 6.07) is 0. The van der Waals surface area contributed by atoms with E-state index in [0.29, 0.717) is 17.7 Å². The number of fused-ring (bicyclic) bond motifs is 2. The van der Waals surface area contributed by atoms with Crippen LogP contribution in [-0.4, -0.2) is 31.8 Å². The number of aryl methyl sites for hydroxylation is 1. The number of rotatable bonds is 4. The second-order valence-electron chi connectivity index (χ2n) is 8.96. The van der Waals surface area contributed by atoms with Gasteiger partial charge in [0.2, 0.25) is 5.91 Å². The molecule has 0 radical (unpaired) electrons. The molecule has 1 amide bonds. The number of nitrogens with two attached hydrogens (primary N) is 1. The quantitative estimate of drug-likeness (QED) is 0.596. The smallest absolute Gasteiger partial charge is 0.216 e. The maximum atomic E-state index is 11.2. The number of nitrogens with zero attached hydrogens (tertiary/aromatic N) is 3. The van der Waals surface area contributed by atoms with Crippen LogP contribution in [0.5, 0.6) is 0 Å². The molecule has 3 aromatic rings. The molecule has 3 heterocycles. The molecule has 0 aromatic carbocycles. The molecule has 4 N–H and O–H groups in total. The second kappa shape index (κ2) is 7.87. The van der Waals surface area contributed by atoms with Gasteiger partial charge in [0.1, 0.15) is 22.9 Å². The summed E-state index contributed by atoms with van der Waals surface area (Å²) >= 11 is 0. The highest BCUT2D eigenvalue weighted by Gasteiger charge is 2.29. The number of amides is 1. The fourth-order valence-corrected chi connectivity index (χ4v) is 5.22. The molecule has 0 atom stereocenters. The van der Waals surface area contributed by atoms with Crippen molar-refractivity contribution in [1.29, 1.82) is 0 Å². The van der Waals surface area contributed by atoms with E-state index in [9.17, 15) is 4.79 Å². The summed E-state index contributed by atoms with van der Waals surface area (Å²) in [6.45, 7) is 4.51. The van der Waals surface area contributed by atoms with Crippen molar-refractivity contribution >= 4 is 23.3 Å². The Balaban J connectivity index is 1.51. The average molecular weight is 419 g/mol. The lowest BCUT2D eigenvalue weighted by Crippen LogP contribution is -2.29. The van der Waals surface area contributed by atoms with E-state index in [1.165, 1.54) is 16.8 Å². The maximum Gasteiger partial charge on any atom is 0.216 e. The van der Waals surface area contributed by atoms with Crippen molar-refractivity contribution in [3.63, 3.8) is 0 Å². The Labute approximate surface area is 182 Å². The van der Waals surface area contributed by atoms with Crippen molar-refractivity contribution in [3.8, 4) is 11.4 Å². The lowest BCUT2D eigenvalue weighted by Gasteiger charge is -2.27. The number of hydrogen-bond acceptors (Lipinski definition) is 4. The van der Waals surface area contributed by atoms with Crippen LogP contribution in [0, 0.1) is 12.8 Å². The van der Waals surface area contributed by atoms with Gasteiger partial charge in [-0.2, -0.15) is 0 Å². The Morgan fingerprint density at radius 2 is 2.13 bits per heavy atom. The number of H-pyrrole nitrogens is 1. The largest absolute Gasteiger partial charge is 0.382 e. The molecule has 0 aliphatic heterocycles. The molecule has 2 aliphatic carbocycles. The van der Waals surface area contributed by atoms with E-state index in [4.69, 9.17) is 10.7 Å². The van der Waals surface area contributed by atoms with Gasteiger partial charge in [0.15, 0.2) is 0 Å². The Kier molecular flexibility index (Phi) is 5.04. The summed E-state index contributed by atoms with van der Waals surface area (Å²) in [5, 5.41) is 2.97. The van der Waals surface area contributed by atoms with Crippen molar-refractivity contribution in [1.82, 2.24) is 24.7 Å². The number of nitrogen functional groups attached to an aromatic ring is 1. The number of aromatic nitrogens is 4. The van der Waals surface area contributed by atoms with E-state index in [0.717, 1.165) is 67.8 Å². The molecule has 2 aliphatic rings. The van der Waals surface area contributed by atoms with Crippen molar-refractivity contribution in [2.75, 3.05) is 12.3 Å². The molecule has 0 saturated heterocycles. The van der Waals surface area contributed by atoms with Gasteiger partial charge in [-0.25, -0.2) is 9.97 Å². The summed E-state index contributed by atoms with van der Waals surface area (Å²) in [5.74, 6) is 2.55. The first kappa shape index (κ1) is 19.8. The molecule has 7 heteroatoms. The average Bonchev–Trinajstić information content (AvgIpc) is 3.32. The number of hydrogen-bond donors (Lipinski definition) is 3. The fraction of sp³-hybridized carbons (Fsp3) is 0.458. The number of allylic oxidation sites excluding steroid dienone is 1. The summed E-state index contributed by atoms with van der Waals surface area (Å²) in [6.07, 6.45) is 14.6. The number of nitrogens with one attached hydrogen (secondary N) is 2. The minimum atomic E-state index is 0.0489. The van der Waals surface area contributed by atoms with Gasteiger partial charge >= 0.3 is 0 Å². The van der Waals surface area contributed by atoms with E-state index in [2.05, 4.69) is 38.8 Å². The number of imidazole rings is 1. The maximum absolute atomic E-state index is 11.2. The van der Waals surface area contributed by atoms with E-state index in [1.54, 1.807) is 13.1 Å². The van der Waals surface area contributed by atoms with Gasteiger partial charge in [-0.1, -0.05) is 12.2 Å². The highest BCUT2D eigenvalue weighted by molar-refractivity contribution is 5.87. The first-order chi connectivity index (χ1) is 15.0. The van der Waals surface area contributed by atoms with Gasteiger partial charge < -0.3 is 16.0 Å². The lowest BCUT2D eigenvalue weighted by atomic mass is 9.81. The molecule has 0 unspecified atom stereocenters. The summed E-state index contributed by atoms with van der Waals surface area (Å²) < 4.78 is 2.14. The first-order valence-electron chi connectivity index (χ1n) is 11.3. The Morgan fingerprint density at radius 3 is 2.87 bits per heavy atom. The molecular weight excluding hydrogens is 388 g/mol. The van der Waals surface area contributed by atoms with E-state index >= 15 is 0 Å². The van der Waals surface area contributed by atoms with Gasteiger partial charge in [-0.05, 0) is 62.5 Å². The lowest BCUT2D eigenvalue weighted by molar-refractivity contribution is -0.119. The summed E-state index contributed by atoms with van der Waals surface area (Å²) in [7, 11) is 0. The third-order valence-electron chi connectivity index (χ3n) is 6.92. The highest BCUT2D eigenvalue weighted by atomic mass is 16.1. The number of carbonyl (C=O) groups is 1. The predicted molar refractivity (Wildman–Crippen MR) is 123 cm³/mol. The third-order valence-corrected chi connectivity index (χ3v) is 6.92. The van der Waals surface area contributed by atoms with Crippen molar-refractivity contribution in [2.24, 2.45) is 5.92 Å².